The van der Waals surface area contributed by atoms with Gasteiger partial charge in [0.1, 0.15) is 5.75 Å². The van der Waals surface area contributed by atoms with Crippen LogP contribution in [0.4, 0.5) is 0 Å². The average molecular weight is 329 g/mol. The maximum Gasteiger partial charge on any atom is 0.223 e. The van der Waals surface area contributed by atoms with E-state index in [1.807, 2.05) is 18.2 Å². The number of benzene rings is 1. The molecule has 2 fully saturated rings. The molecule has 0 saturated carbocycles. The molecule has 1 amide bonds. The summed E-state index contributed by atoms with van der Waals surface area (Å²) in [7, 11) is 0. The minimum atomic E-state index is 0.306. The van der Waals surface area contributed by atoms with Gasteiger partial charge in [-0.2, -0.15) is 0 Å². The summed E-state index contributed by atoms with van der Waals surface area (Å²) >= 11 is 0. The summed E-state index contributed by atoms with van der Waals surface area (Å²) in [5, 5.41) is 3.40. The molecule has 3 aliphatic rings. The number of rotatable bonds is 3. The standard InChI is InChI=1S/C19H27N3O2/c23-19(13-15-6-12-24-18-4-2-1-3-17(15)18)22-9-5-16(14-22)21-10-7-20-8-11-21/h1-4,15-16,20H,5-14H2. The van der Waals surface area contributed by atoms with Crippen LogP contribution in [0.3, 0.4) is 0 Å². The van der Waals surface area contributed by atoms with Gasteiger partial charge in [-0.05, 0) is 30.4 Å². The van der Waals surface area contributed by atoms with Crippen molar-refractivity contribution in [3.8, 4) is 5.75 Å². The fourth-order valence-electron chi connectivity index (χ4n) is 4.28. The zero-order chi connectivity index (χ0) is 16.4. The van der Waals surface area contributed by atoms with E-state index in [0.29, 0.717) is 24.3 Å². The number of carbonyl (C=O) groups excluding carboxylic acids is 1. The third-order valence-corrected chi connectivity index (χ3v) is 5.69. The van der Waals surface area contributed by atoms with Crippen LogP contribution in [0.2, 0.25) is 0 Å². The Morgan fingerprint density at radius 1 is 1.17 bits per heavy atom. The largest absolute Gasteiger partial charge is 0.493 e. The lowest BCUT2D eigenvalue weighted by molar-refractivity contribution is -0.130. The number of carbonyl (C=O) groups is 1. The Bertz CT molecular complexity index is 586. The maximum atomic E-state index is 12.8. The number of likely N-dealkylation sites (tertiary alicyclic amines) is 1. The van der Waals surface area contributed by atoms with Crippen molar-refractivity contribution in [2.75, 3.05) is 45.9 Å². The first-order chi connectivity index (χ1) is 11.8. The average Bonchev–Trinajstić information content (AvgIpc) is 3.13. The van der Waals surface area contributed by atoms with Crippen LogP contribution in [0.5, 0.6) is 5.75 Å². The summed E-state index contributed by atoms with van der Waals surface area (Å²) in [5.41, 5.74) is 1.20. The van der Waals surface area contributed by atoms with Gasteiger partial charge in [0.05, 0.1) is 6.61 Å². The van der Waals surface area contributed by atoms with Gasteiger partial charge in [-0.3, -0.25) is 9.69 Å². The van der Waals surface area contributed by atoms with Crippen LogP contribution in [-0.2, 0) is 4.79 Å². The second-order valence-electron chi connectivity index (χ2n) is 7.14. The zero-order valence-corrected chi connectivity index (χ0v) is 14.2. The highest BCUT2D eigenvalue weighted by Gasteiger charge is 2.32. The molecular weight excluding hydrogens is 302 g/mol. The molecule has 4 rings (SSSR count). The lowest BCUT2D eigenvalue weighted by Crippen LogP contribution is -2.49. The van der Waals surface area contributed by atoms with Gasteiger partial charge in [-0.15, -0.1) is 0 Å². The quantitative estimate of drug-likeness (QED) is 0.912. The van der Waals surface area contributed by atoms with E-state index in [9.17, 15) is 4.79 Å². The summed E-state index contributed by atoms with van der Waals surface area (Å²) in [6.45, 7) is 6.91. The molecule has 2 unspecified atom stereocenters. The summed E-state index contributed by atoms with van der Waals surface area (Å²) in [5.74, 6) is 1.58. The van der Waals surface area contributed by atoms with Crippen molar-refractivity contribution in [2.24, 2.45) is 0 Å². The minimum Gasteiger partial charge on any atom is -0.493 e. The van der Waals surface area contributed by atoms with E-state index >= 15 is 0 Å². The highest BCUT2D eigenvalue weighted by atomic mass is 16.5. The summed E-state index contributed by atoms with van der Waals surface area (Å²) in [4.78, 5) is 17.4. The molecule has 5 heteroatoms. The molecule has 3 aliphatic heterocycles. The lowest BCUT2D eigenvalue weighted by Gasteiger charge is -2.32. The molecule has 5 nitrogen and oxygen atoms in total. The number of para-hydroxylation sites is 1. The van der Waals surface area contributed by atoms with Gasteiger partial charge in [-0.25, -0.2) is 0 Å². The number of nitrogens with zero attached hydrogens (tertiary/aromatic N) is 2. The SMILES string of the molecule is O=C(CC1CCOc2ccccc21)N1CCC(N2CCNCC2)C1. The topological polar surface area (TPSA) is 44.8 Å². The van der Waals surface area contributed by atoms with Crippen LogP contribution in [0, 0.1) is 0 Å². The molecule has 1 aromatic rings. The van der Waals surface area contributed by atoms with E-state index in [4.69, 9.17) is 4.74 Å². The number of fused-ring (bicyclic) bond motifs is 1. The maximum absolute atomic E-state index is 12.8. The van der Waals surface area contributed by atoms with Crippen LogP contribution in [0.15, 0.2) is 24.3 Å². The molecule has 3 heterocycles. The van der Waals surface area contributed by atoms with Crippen molar-refractivity contribution in [1.82, 2.24) is 15.1 Å². The van der Waals surface area contributed by atoms with E-state index < -0.39 is 0 Å². The van der Waals surface area contributed by atoms with Gasteiger partial charge in [0.15, 0.2) is 0 Å². The highest BCUT2D eigenvalue weighted by Crippen LogP contribution is 2.36. The van der Waals surface area contributed by atoms with E-state index in [0.717, 1.165) is 64.5 Å². The molecule has 130 valence electrons. The van der Waals surface area contributed by atoms with E-state index in [1.54, 1.807) is 0 Å². The minimum absolute atomic E-state index is 0.306. The van der Waals surface area contributed by atoms with Crippen LogP contribution >= 0.6 is 0 Å². The summed E-state index contributed by atoms with van der Waals surface area (Å²) in [6.07, 6.45) is 2.68. The normalized spacial score (nSPS) is 27.6. The zero-order valence-electron chi connectivity index (χ0n) is 14.2. The predicted octanol–water partition coefficient (Wildman–Crippen LogP) is 1.45. The third kappa shape index (κ3) is 3.28. The molecule has 2 saturated heterocycles. The lowest BCUT2D eigenvalue weighted by atomic mass is 9.90. The highest BCUT2D eigenvalue weighted by molar-refractivity contribution is 5.77. The Morgan fingerprint density at radius 2 is 2.00 bits per heavy atom. The van der Waals surface area contributed by atoms with Crippen LogP contribution in [0.25, 0.3) is 0 Å². The van der Waals surface area contributed by atoms with Crippen molar-refractivity contribution in [1.29, 1.82) is 0 Å². The van der Waals surface area contributed by atoms with E-state index in [2.05, 4.69) is 21.2 Å². The Labute approximate surface area is 144 Å². The molecule has 0 radical (unpaired) electrons. The van der Waals surface area contributed by atoms with Gasteiger partial charge in [0.2, 0.25) is 5.91 Å². The van der Waals surface area contributed by atoms with Crippen LogP contribution in [0.1, 0.15) is 30.7 Å². The Kier molecular flexibility index (Phi) is 4.72. The van der Waals surface area contributed by atoms with Crippen molar-refractivity contribution >= 4 is 5.91 Å². The Hall–Kier alpha value is -1.59. The fourth-order valence-corrected chi connectivity index (χ4v) is 4.28. The van der Waals surface area contributed by atoms with Crippen LogP contribution in [-0.4, -0.2) is 67.6 Å². The first-order valence-corrected chi connectivity index (χ1v) is 9.25. The van der Waals surface area contributed by atoms with Crippen molar-refractivity contribution in [2.45, 2.75) is 31.2 Å². The first-order valence-electron chi connectivity index (χ1n) is 9.25. The van der Waals surface area contributed by atoms with Crippen LogP contribution < -0.4 is 10.1 Å². The molecule has 0 aliphatic carbocycles. The molecule has 0 bridgehead atoms. The Morgan fingerprint density at radius 3 is 2.88 bits per heavy atom. The Balaban J connectivity index is 1.36. The monoisotopic (exact) mass is 329 g/mol. The second-order valence-corrected chi connectivity index (χ2v) is 7.14. The molecular formula is C19H27N3O2. The van der Waals surface area contributed by atoms with E-state index in [-0.39, 0.29) is 0 Å². The van der Waals surface area contributed by atoms with Crippen molar-refractivity contribution in [3.63, 3.8) is 0 Å². The van der Waals surface area contributed by atoms with Crippen molar-refractivity contribution < 1.29 is 9.53 Å². The van der Waals surface area contributed by atoms with Gasteiger partial charge in [-0.1, -0.05) is 18.2 Å². The van der Waals surface area contributed by atoms with Crippen molar-refractivity contribution in [3.05, 3.63) is 29.8 Å². The molecule has 0 spiro atoms. The fraction of sp³-hybridized carbons (Fsp3) is 0.632. The van der Waals surface area contributed by atoms with Gasteiger partial charge < -0.3 is 15.0 Å². The van der Waals surface area contributed by atoms with Gasteiger partial charge in [0.25, 0.3) is 0 Å². The third-order valence-electron chi connectivity index (χ3n) is 5.69. The summed E-state index contributed by atoms with van der Waals surface area (Å²) in [6, 6.07) is 8.73. The molecule has 2 atom stereocenters. The number of amides is 1. The number of piperazine rings is 1. The first kappa shape index (κ1) is 15.9. The molecule has 0 aromatic heterocycles. The van der Waals surface area contributed by atoms with Gasteiger partial charge in [0, 0.05) is 51.7 Å². The molecule has 1 N–H and O–H groups in total. The smallest absolute Gasteiger partial charge is 0.223 e. The number of ether oxygens (including phenoxy) is 1. The van der Waals surface area contributed by atoms with Gasteiger partial charge >= 0.3 is 0 Å². The molecule has 1 aromatic carbocycles. The number of nitrogens with one attached hydrogen (secondary N) is 1. The number of hydrogen-bond acceptors (Lipinski definition) is 4. The predicted molar refractivity (Wildman–Crippen MR) is 93.3 cm³/mol. The molecule has 24 heavy (non-hydrogen) atoms. The van der Waals surface area contributed by atoms with E-state index in [1.165, 1.54) is 5.56 Å². The number of hydrogen-bond donors (Lipinski definition) is 1. The summed E-state index contributed by atoms with van der Waals surface area (Å²) < 4.78 is 5.72. The second kappa shape index (κ2) is 7.11.